The van der Waals surface area contributed by atoms with Crippen LogP contribution < -0.4 is 4.72 Å². The van der Waals surface area contributed by atoms with Gasteiger partial charge in [0.25, 0.3) is 10.0 Å². The monoisotopic (exact) mass is 321 g/mol. The fourth-order valence-corrected chi connectivity index (χ4v) is 4.31. The van der Waals surface area contributed by atoms with Gasteiger partial charge in [0, 0.05) is 20.0 Å². The van der Waals surface area contributed by atoms with E-state index in [9.17, 15) is 8.42 Å². The molecule has 0 aliphatic carbocycles. The number of aryl methyl sites for hydroxylation is 2. The molecule has 0 saturated heterocycles. The van der Waals surface area contributed by atoms with Gasteiger partial charge in [-0.05, 0) is 6.92 Å². The van der Waals surface area contributed by atoms with Crippen molar-refractivity contribution >= 4 is 33.0 Å². The topological polar surface area (TPSA) is 89.8 Å². The van der Waals surface area contributed by atoms with Gasteiger partial charge >= 0.3 is 0 Å². The van der Waals surface area contributed by atoms with Crippen molar-refractivity contribution in [2.24, 2.45) is 7.05 Å². The Morgan fingerprint density at radius 2 is 2.26 bits per heavy atom. The molecule has 0 fully saturated rings. The second kappa shape index (κ2) is 5.53. The van der Waals surface area contributed by atoms with Crippen LogP contribution in [0.5, 0.6) is 0 Å². The quantitative estimate of drug-likeness (QED) is 0.878. The molecule has 2 heterocycles. The number of sulfonamides is 1. The Balaban J connectivity index is 2.03. The zero-order valence-corrected chi connectivity index (χ0v) is 12.7. The summed E-state index contributed by atoms with van der Waals surface area (Å²) in [6.45, 7) is 1.85. The molecule has 0 amide bonds. The molecule has 1 N–H and O–H groups in total. The lowest BCUT2D eigenvalue weighted by Gasteiger charge is -2.04. The average molecular weight is 322 g/mol. The van der Waals surface area contributed by atoms with Crippen molar-refractivity contribution in [3.05, 3.63) is 22.3 Å². The van der Waals surface area contributed by atoms with Gasteiger partial charge in [-0.1, -0.05) is 22.9 Å². The van der Waals surface area contributed by atoms with E-state index in [0.717, 1.165) is 11.3 Å². The van der Waals surface area contributed by atoms with Crippen LogP contribution in [-0.4, -0.2) is 34.7 Å². The van der Waals surface area contributed by atoms with E-state index in [1.165, 1.54) is 0 Å². The Kier molecular flexibility index (Phi) is 4.19. The van der Waals surface area contributed by atoms with Crippen molar-refractivity contribution in [2.75, 3.05) is 6.54 Å². The minimum Gasteiger partial charge on any atom is -0.321 e. The van der Waals surface area contributed by atoms with Crippen molar-refractivity contribution in [1.29, 1.82) is 0 Å². The number of hydrogen-bond acceptors (Lipinski definition) is 6. The number of thiazole rings is 1. The Hall–Kier alpha value is -1.03. The van der Waals surface area contributed by atoms with Crippen LogP contribution in [0.2, 0.25) is 4.47 Å². The van der Waals surface area contributed by atoms with Crippen molar-refractivity contribution < 1.29 is 8.42 Å². The first-order valence-corrected chi connectivity index (χ1v) is 8.03. The molecule has 0 aliphatic rings. The highest BCUT2D eigenvalue weighted by Gasteiger charge is 2.21. The second-order valence-electron chi connectivity index (χ2n) is 3.85. The maximum absolute atomic E-state index is 12.0. The number of nitrogens with one attached hydrogen (secondary N) is 1. The lowest BCUT2D eigenvalue weighted by atomic mass is 10.4. The molecule has 0 aliphatic heterocycles. The maximum Gasteiger partial charge on any atom is 0.251 e. The summed E-state index contributed by atoms with van der Waals surface area (Å²) in [5, 5.41) is 7.60. The zero-order valence-electron chi connectivity index (χ0n) is 10.3. The van der Waals surface area contributed by atoms with Gasteiger partial charge in [0.1, 0.15) is 12.2 Å². The first kappa shape index (κ1) is 14.4. The third kappa shape index (κ3) is 3.30. The van der Waals surface area contributed by atoms with E-state index in [-0.39, 0.29) is 15.2 Å². The lowest BCUT2D eigenvalue weighted by Crippen LogP contribution is -2.26. The van der Waals surface area contributed by atoms with E-state index in [0.29, 0.717) is 17.9 Å². The number of halogens is 1. The molecular formula is C9H12ClN5O2S2. The number of hydrogen-bond donors (Lipinski definition) is 1. The molecule has 0 aromatic carbocycles. The Morgan fingerprint density at radius 3 is 2.79 bits per heavy atom. The molecule has 0 spiro atoms. The summed E-state index contributed by atoms with van der Waals surface area (Å²) < 4.78 is 28.7. The summed E-state index contributed by atoms with van der Waals surface area (Å²) >= 11 is 6.64. The number of nitrogens with zero attached hydrogens (tertiary/aromatic N) is 4. The van der Waals surface area contributed by atoms with Crippen LogP contribution in [0.25, 0.3) is 0 Å². The van der Waals surface area contributed by atoms with Crippen molar-refractivity contribution in [3.63, 3.8) is 0 Å². The molecule has 104 valence electrons. The van der Waals surface area contributed by atoms with E-state index in [4.69, 9.17) is 11.6 Å². The highest BCUT2D eigenvalue weighted by atomic mass is 35.5. The van der Waals surface area contributed by atoms with Gasteiger partial charge in [-0.25, -0.2) is 18.1 Å². The standard InChI is InChI=1S/C9H12ClN5O2S2/c1-6-8(18-9(10)13-6)19(16,17)12-4-3-7-14-11-5-15(7)2/h5,12H,3-4H2,1-2H3. The predicted molar refractivity (Wildman–Crippen MR) is 71.8 cm³/mol. The molecule has 2 aromatic heterocycles. The summed E-state index contributed by atoms with van der Waals surface area (Å²) in [5.74, 6) is 0.710. The largest absolute Gasteiger partial charge is 0.321 e. The third-order valence-electron chi connectivity index (χ3n) is 2.42. The van der Waals surface area contributed by atoms with Crippen LogP contribution in [-0.2, 0) is 23.5 Å². The van der Waals surface area contributed by atoms with E-state index in [1.807, 2.05) is 0 Å². The summed E-state index contributed by atoms with van der Waals surface area (Å²) in [7, 11) is -1.77. The molecule has 2 rings (SSSR count). The molecule has 0 bridgehead atoms. The first-order chi connectivity index (χ1) is 8.90. The average Bonchev–Trinajstić information content (AvgIpc) is 2.86. The number of rotatable bonds is 5. The lowest BCUT2D eigenvalue weighted by molar-refractivity contribution is 0.581. The molecule has 2 aromatic rings. The van der Waals surface area contributed by atoms with E-state index < -0.39 is 10.0 Å². The van der Waals surface area contributed by atoms with Crippen LogP contribution in [0.1, 0.15) is 11.5 Å². The van der Waals surface area contributed by atoms with Crippen LogP contribution in [0.4, 0.5) is 0 Å². The van der Waals surface area contributed by atoms with E-state index in [1.54, 1.807) is 24.9 Å². The highest BCUT2D eigenvalue weighted by molar-refractivity contribution is 7.91. The highest BCUT2D eigenvalue weighted by Crippen LogP contribution is 2.26. The normalized spacial score (nSPS) is 11.9. The maximum atomic E-state index is 12.0. The van der Waals surface area contributed by atoms with E-state index >= 15 is 0 Å². The van der Waals surface area contributed by atoms with Crippen LogP contribution >= 0.6 is 22.9 Å². The Bertz CT molecular complexity index is 679. The van der Waals surface area contributed by atoms with Crippen LogP contribution in [0, 0.1) is 6.92 Å². The van der Waals surface area contributed by atoms with Gasteiger partial charge in [0.2, 0.25) is 0 Å². The van der Waals surface area contributed by atoms with Crippen LogP contribution in [0.15, 0.2) is 10.5 Å². The Morgan fingerprint density at radius 1 is 1.53 bits per heavy atom. The molecule has 0 saturated carbocycles. The van der Waals surface area contributed by atoms with Crippen LogP contribution in [0.3, 0.4) is 0 Å². The minimum atomic E-state index is -3.57. The van der Waals surface area contributed by atoms with Gasteiger partial charge in [-0.2, -0.15) is 0 Å². The van der Waals surface area contributed by atoms with Gasteiger partial charge in [0.15, 0.2) is 8.68 Å². The summed E-state index contributed by atoms with van der Waals surface area (Å²) in [6.07, 6.45) is 2.03. The fourth-order valence-electron chi connectivity index (χ4n) is 1.50. The van der Waals surface area contributed by atoms with Crippen molar-refractivity contribution in [1.82, 2.24) is 24.5 Å². The smallest absolute Gasteiger partial charge is 0.251 e. The summed E-state index contributed by atoms with van der Waals surface area (Å²) in [5.41, 5.74) is 0.404. The molecule has 0 atom stereocenters. The molecule has 10 heteroatoms. The van der Waals surface area contributed by atoms with Gasteiger partial charge < -0.3 is 4.57 Å². The van der Waals surface area contributed by atoms with Gasteiger partial charge in [-0.15, -0.1) is 10.2 Å². The molecular weight excluding hydrogens is 310 g/mol. The van der Waals surface area contributed by atoms with Gasteiger partial charge in [-0.3, -0.25) is 0 Å². The van der Waals surface area contributed by atoms with Crippen molar-refractivity contribution in [2.45, 2.75) is 17.6 Å². The zero-order chi connectivity index (χ0) is 14.0. The summed E-state index contributed by atoms with van der Waals surface area (Å²) in [4.78, 5) is 3.89. The first-order valence-electron chi connectivity index (χ1n) is 5.35. The Labute approximate surface area is 119 Å². The fraction of sp³-hybridized carbons (Fsp3) is 0.444. The predicted octanol–water partition coefficient (Wildman–Crippen LogP) is 0.754. The summed E-state index contributed by atoms with van der Waals surface area (Å²) in [6, 6.07) is 0. The molecule has 19 heavy (non-hydrogen) atoms. The second-order valence-corrected chi connectivity index (χ2v) is 7.39. The molecule has 0 radical (unpaired) electrons. The SMILES string of the molecule is Cc1nc(Cl)sc1S(=O)(=O)NCCc1nncn1C. The molecule has 0 unspecified atom stereocenters. The third-order valence-corrected chi connectivity index (χ3v) is 5.75. The van der Waals surface area contributed by atoms with E-state index in [2.05, 4.69) is 19.9 Å². The number of aromatic nitrogens is 4. The van der Waals surface area contributed by atoms with Crippen molar-refractivity contribution in [3.8, 4) is 0 Å². The molecule has 7 nitrogen and oxygen atoms in total. The van der Waals surface area contributed by atoms with Gasteiger partial charge in [0.05, 0.1) is 5.69 Å². The minimum absolute atomic E-state index is 0.149.